The van der Waals surface area contributed by atoms with Crippen molar-refractivity contribution < 1.29 is 4.79 Å². The molecule has 0 spiro atoms. The fourth-order valence-electron chi connectivity index (χ4n) is 1.25. The molecule has 0 fully saturated rings. The Morgan fingerprint density at radius 2 is 2.33 bits per heavy atom. The first-order valence-corrected chi connectivity index (χ1v) is 5.20. The summed E-state index contributed by atoms with van der Waals surface area (Å²) in [5, 5.41) is 1.83. The van der Waals surface area contributed by atoms with Crippen molar-refractivity contribution in [1.29, 1.82) is 0 Å². The zero-order valence-corrected chi connectivity index (χ0v) is 8.80. The highest BCUT2D eigenvalue weighted by Gasteiger charge is 2.13. The number of hydrogen-bond donors (Lipinski definition) is 1. The molecule has 0 saturated carbocycles. The lowest BCUT2D eigenvalue weighted by Gasteiger charge is -2.00. The fourth-order valence-corrected chi connectivity index (χ4v) is 1.93. The van der Waals surface area contributed by atoms with E-state index in [-0.39, 0.29) is 5.78 Å². The van der Waals surface area contributed by atoms with Crippen molar-refractivity contribution in [3.05, 3.63) is 50.3 Å². The van der Waals surface area contributed by atoms with Crippen LogP contribution in [0.5, 0.6) is 0 Å². The number of aromatic nitrogens is 2. The first kappa shape index (κ1) is 9.79. The minimum atomic E-state index is -0.435. The van der Waals surface area contributed by atoms with Crippen molar-refractivity contribution in [3.8, 4) is 0 Å². The van der Waals surface area contributed by atoms with Gasteiger partial charge in [0.15, 0.2) is 0 Å². The van der Waals surface area contributed by atoms with Gasteiger partial charge in [-0.2, -0.15) is 0 Å². The summed E-state index contributed by atoms with van der Waals surface area (Å²) < 4.78 is 0. The van der Waals surface area contributed by atoms with Crippen molar-refractivity contribution in [2.75, 3.05) is 0 Å². The van der Waals surface area contributed by atoms with E-state index >= 15 is 0 Å². The van der Waals surface area contributed by atoms with Gasteiger partial charge < -0.3 is 4.98 Å². The molecule has 0 aliphatic heterocycles. The van der Waals surface area contributed by atoms with Crippen LogP contribution in [0.15, 0.2) is 28.5 Å². The third-order valence-electron chi connectivity index (χ3n) is 2.00. The second-order valence-electron chi connectivity index (χ2n) is 3.03. The summed E-state index contributed by atoms with van der Waals surface area (Å²) in [6, 6.07) is 3.56. The Morgan fingerprint density at radius 1 is 1.53 bits per heavy atom. The molecule has 0 aromatic carbocycles. The Balaban J connectivity index is 2.47. The maximum atomic E-state index is 11.9. The molecule has 15 heavy (non-hydrogen) atoms. The number of nitrogens with zero attached hydrogens (tertiary/aromatic N) is 1. The fraction of sp³-hybridized carbons (Fsp3) is 0.100. The number of aromatic amines is 1. The molecule has 76 valence electrons. The largest absolute Gasteiger partial charge is 0.345 e. The second kappa shape index (κ2) is 3.78. The molecular weight excluding hydrogens is 212 g/mol. The summed E-state index contributed by atoms with van der Waals surface area (Å²) in [6.07, 6.45) is 1.32. The Bertz CT molecular complexity index is 543. The molecule has 1 N–H and O–H groups in total. The predicted molar refractivity (Wildman–Crippen MR) is 57.3 cm³/mol. The van der Waals surface area contributed by atoms with E-state index in [1.54, 1.807) is 13.0 Å². The highest BCUT2D eigenvalue weighted by molar-refractivity contribution is 7.12. The molecule has 2 heterocycles. The summed E-state index contributed by atoms with van der Waals surface area (Å²) in [6.45, 7) is 1.68. The van der Waals surface area contributed by atoms with Gasteiger partial charge >= 0.3 is 5.69 Å². The number of aryl methyl sites for hydroxylation is 1. The van der Waals surface area contributed by atoms with Crippen LogP contribution < -0.4 is 5.69 Å². The average Bonchev–Trinajstić information content (AvgIpc) is 2.69. The van der Waals surface area contributed by atoms with Gasteiger partial charge in [0.25, 0.3) is 0 Å². The molecule has 4 nitrogen and oxygen atoms in total. The van der Waals surface area contributed by atoms with Gasteiger partial charge in [0.1, 0.15) is 0 Å². The van der Waals surface area contributed by atoms with Crippen LogP contribution in [-0.2, 0) is 0 Å². The van der Waals surface area contributed by atoms with Crippen molar-refractivity contribution in [2.45, 2.75) is 6.92 Å². The Morgan fingerprint density at radius 3 is 2.93 bits per heavy atom. The smallest absolute Gasteiger partial charge is 0.309 e. The van der Waals surface area contributed by atoms with Gasteiger partial charge in [0.05, 0.1) is 10.4 Å². The van der Waals surface area contributed by atoms with Crippen LogP contribution in [0.1, 0.15) is 20.9 Å². The van der Waals surface area contributed by atoms with Crippen LogP contribution in [0.4, 0.5) is 0 Å². The summed E-state index contributed by atoms with van der Waals surface area (Å²) in [4.78, 5) is 29.5. The normalized spacial score (nSPS) is 10.2. The first-order valence-electron chi connectivity index (χ1n) is 4.32. The maximum Gasteiger partial charge on any atom is 0.345 e. The highest BCUT2D eigenvalue weighted by atomic mass is 32.1. The zero-order chi connectivity index (χ0) is 10.8. The molecule has 0 atom stereocenters. The number of ketones is 1. The molecule has 2 aromatic heterocycles. The lowest BCUT2D eigenvalue weighted by atomic mass is 10.1. The van der Waals surface area contributed by atoms with Gasteiger partial charge in [0.2, 0.25) is 5.78 Å². The molecule has 2 rings (SSSR count). The third kappa shape index (κ3) is 1.87. The average molecular weight is 220 g/mol. The number of carbonyl (C=O) groups excluding carboxylic acids is 1. The van der Waals surface area contributed by atoms with Crippen molar-refractivity contribution in [2.24, 2.45) is 0 Å². The van der Waals surface area contributed by atoms with E-state index in [0.717, 1.165) is 0 Å². The Labute approximate surface area is 89.6 Å². The van der Waals surface area contributed by atoms with Gasteiger partial charge in [0, 0.05) is 11.9 Å². The zero-order valence-electron chi connectivity index (χ0n) is 7.98. The van der Waals surface area contributed by atoms with Crippen LogP contribution in [-0.4, -0.2) is 15.8 Å². The van der Waals surface area contributed by atoms with Crippen molar-refractivity contribution in [3.63, 3.8) is 0 Å². The molecule has 0 aliphatic carbocycles. The molecule has 0 amide bonds. The van der Waals surface area contributed by atoms with Crippen molar-refractivity contribution >= 4 is 17.1 Å². The van der Waals surface area contributed by atoms with Crippen LogP contribution >= 0.6 is 11.3 Å². The number of hydrogen-bond acceptors (Lipinski definition) is 4. The molecule has 0 aliphatic rings. The van der Waals surface area contributed by atoms with E-state index < -0.39 is 5.69 Å². The molecule has 0 bridgehead atoms. The SMILES string of the molecule is Cc1[nH]c(=O)ncc1C(=O)c1cccs1. The first-order chi connectivity index (χ1) is 7.18. The van der Waals surface area contributed by atoms with Gasteiger partial charge in [-0.05, 0) is 18.4 Å². The molecule has 0 unspecified atom stereocenters. The van der Waals surface area contributed by atoms with Crippen LogP contribution in [0.2, 0.25) is 0 Å². The summed E-state index contributed by atoms with van der Waals surface area (Å²) >= 11 is 1.37. The predicted octanol–water partition coefficient (Wildman–Crippen LogP) is 1.37. The second-order valence-corrected chi connectivity index (χ2v) is 3.98. The lowest BCUT2D eigenvalue weighted by molar-refractivity contribution is 0.104. The van der Waals surface area contributed by atoms with E-state index in [1.807, 2.05) is 11.4 Å². The summed E-state index contributed by atoms with van der Waals surface area (Å²) in [7, 11) is 0. The molecule has 0 saturated heterocycles. The van der Waals surface area contributed by atoms with Crippen LogP contribution in [0.25, 0.3) is 0 Å². The van der Waals surface area contributed by atoms with Gasteiger partial charge in [-0.15, -0.1) is 11.3 Å². The Hall–Kier alpha value is -1.75. The van der Waals surface area contributed by atoms with Gasteiger partial charge in [-0.1, -0.05) is 6.07 Å². The number of H-pyrrole nitrogens is 1. The number of carbonyl (C=O) groups is 1. The molecule has 2 aromatic rings. The standard InChI is InChI=1S/C10H8N2O2S/c1-6-7(5-11-10(14)12-6)9(13)8-3-2-4-15-8/h2-5H,1H3,(H,11,12,14). The third-order valence-corrected chi connectivity index (χ3v) is 2.87. The van der Waals surface area contributed by atoms with E-state index in [2.05, 4.69) is 9.97 Å². The molecule has 0 radical (unpaired) electrons. The van der Waals surface area contributed by atoms with E-state index in [4.69, 9.17) is 0 Å². The van der Waals surface area contributed by atoms with Gasteiger partial charge in [-0.25, -0.2) is 9.78 Å². The van der Waals surface area contributed by atoms with E-state index in [0.29, 0.717) is 16.1 Å². The number of nitrogens with one attached hydrogen (secondary N) is 1. The number of thiophene rings is 1. The monoisotopic (exact) mass is 220 g/mol. The van der Waals surface area contributed by atoms with Crippen molar-refractivity contribution in [1.82, 2.24) is 9.97 Å². The maximum absolute atomic E-state index is 11.9. The minimum Gasteiger partial charge on any atom is -0.309 e. The molecule has 5 heteroatoms. The summed E-state index contributed by atoms with van der Waals surface area (Å²) in [5.41, 5.74) is 0.556. The summed E-state index contributed by atoms with van der Waals surface area (Å²) in [5.74, 6) is -0.105. The number of rotatable bonds is 2. The lowest BCUT2D eigenvalue weighted by Crippen LogP contribution is -2.15. The topological polar surface area (TPSA) is 62.8 Å². The van der Waals surface area contributed by atoms with Gasteiger partial charge in [-0.3, -0.25) is 4.79 Å². The highest BCUT2D eigenvalue weighted by Crippen LogP contribution is 2.15. The minimum absolute atomic E-state index is 0.105. The molecular formula is C10H8N2O2S. The van der Waals surface area contributed by atoms with E-state index in [1.165, 1.54) is 17.5 Å². The Kier molecular flexibility index (Phi) is 2.47. The van der Waals surface area contributed by atoms with E-state index in [9.17, 15) is 9.59 Å². The quantitative estimate of drug-likeness (QED) is 0.777. The van der Waals surface area contributed by atoms with Crippen LogP contribution in [0, 0.1) is 6.92 Å². The van der Waals surface area contributed by atoms with Crippen LogP contribution in [0.3, 0.4) is 0 Å².